The Morgan fingerprint density at radius 2 is 1.64 bits per heavy atom. The van der Waals surface area contributed by atoms with Crippen LogP contribution in [0.25, 0.3) is 0 Å². The van der Waals surface area contributed by atoms with Gasteiger partial charge in [0.25, 0.3) is 11.8 Å². The molecule has 0 aromatic heterocycles. The minimum Gasteiger partial charge on any atom is -0.352 e. The summed E-state index contributed by atoms with van der Waals surface area (Å²) in [6.07, 6.45) is 0.921. The van der Waals surface area contributed by atoms with Gasteiger partial charge in [0, 0.05) is 50.8 Å². The van der Waals surface area contributed by atoms with Gasteiger partial charge in [-0.25, -0.2) is 0 Å². The first-order chi connectivity index (χ1) is 11.9. The van der Waals surface area contributed by atoms with Crippen LogP contribution in [0.15, 0.2) is 24.3 Å². The van der Waals surface area contributed by atoms with E-state index in [0.29, 0.717) is 49.8 Å². The summed E-state index contributed by atoms with van der Waals surface area (Å²) in [6.45, 7) is 8.52. The molecule has 2 rings (SSSR count). The van der Waals surface area contributed by atoms with E-state index in [9.17, 15) is 14.4 Å². The number of hydrogen-bond donors (Lipinski definition) is 1. The zero-order valence-corrected chi connectivity index (χ0v) is 15.2. The van der Waals surface area contributed by atoms with E-state index >= 15 is 0 Å². The third-order valence-corrected chi connectivity index (χ3v) is 4.39. The second-order valence-corrected chi connectivity index (χ2v) is 6.82. The van der Waals surface area contributed by atoms with Gasteiger partial charge in [0.05, 0.1) is 0 Å². The molecule has 6 nitrogen and oxygen atoms in total. The van der Waals surface area contributed by atoms with Crippen LogP contribution in [0.5, 0.6) is 0 Å². The van der Waals surface area contributed by atoms with Crippen molar-refractivity contribution < 1.29 is 14.4 Å². The lowest BCUT2D eigenvalue weighted by molar-refractivity contribution is -0.130. The topological polar surface area (TPSA) is 69.7 Å². The van der Waals surface area contributed by atoms with E-state index in [1.807, 2.05) is 0 Å². The predicted molar refractivity (Wildman–Crippen MR) is 96.4 cm³/mol. The molecule has 1 aliphatic rings. The minimum atomic E-state index is -0.156. The third-order valence-electron chi connectivity index (χ3n) is 4.39. The Bertz CT molecular complexity index is 635. The van der Waals surface area contributed by atoms with Crippen molar-refractivity contribution in [1.82, 2.24) is 15.1 Å². The summed E-state index contributed by atoms with van der Waals surface area (Å²) < 4.78 is 0. The smallest absolute Gasteiger partial charge is 0.253 e. The number of nitrogens with zero attached hydrogens (tertiary/aromatic N) is 2. The lowest BCUT2D eigenvalue weighted by Gasteiger charge is -2.34. The highest BCUT2D eigenvalue weighted by Gasteiger charge is 2.23. The Morgan fingerprint density at radius 3 is 2.24 bits per heavy atom. The predicted octanol–water partition coefficient (Wildman–Crippen LogP) is 1.77. The van der Waals surface area contributed by atoms with Crippen molar-refractivity contribution in [2.24, 2.45) is 5.92 Å². The Kier molecular flexibility index (Phi) is 6.56. The fourth-order valence-electron chi connectivity index (χ4n) is 2.78. The van der Waals surface area contributed by atoms with E-state index in [2.05, 4.69) is 19.2 Å². The summed E-state index contributed by atoms with van der Waals surface area (Å²) in [5.74, 6) is 0.311. The summed E-state index contributed by atoms with van der Waals surface area (Å²) in [4.78, 5) is 39.7. The molecule has 1 aliphatic heterocycles. The van der Waals surface area contributed by atoms with Crippen molar-refractivity contribution in [3.63, 3.8) is 0 Å². The first-order valence-electron chi connectivity index (χ1n) is 8.81. The number of carbonyl (C=O) groups excluding carboxylic acids is 3. The van der Waals surface area contributed by atoms with Crippen LogP contribution in [-0.4, -0.2) is 60.2 Å². The summed E-state index contributed by atoms with van der Waals surface area (Å²) in [7, 11) is 0. The van der Waals surface area contributed by atoms with Crippen molar-refractivity contribution in [2.75, 3.05) is 32.7 Å². The lowest BCUT2D eigenvalue weighted by Crippen LogP contribution is -2.50. The lowest BCUT2D eigenvalue weighted by atomic mass is 10.1. The summed E-state index contributed by atoms with van der Waals surface area (Å²) in [5.41, 5.74) is 1.00. The average Bonchev–Trinajstić information content (AvgIpc) is 2.61. The van der Waals surface area contributed by atoms with Gasteiger partial charge >= 0.3 is 0 Å². The van der Waals surface area contributed by atoms with E-state index in [1.165, 1.54) is 0 Å². The fraction of sp³-hybridized carbons (Fsp3) is 0.526. The van der Waals surface area contributed by atoms with Crippen molar-refractivity contribution in [3.8, 4) is 0 Å². The zero-order valence-electron chi connectivity index (χ0n) is 15.2. The Hall–Kier alpha value is -2.37. The highest BCUT2D eigenvalue weighted by Crippen LogP contribution is 2.11. The maximum Gasteiger partial charge on any atom is 0.253 e. The van der Waals surface area contributed by atoms with Crippen LogP contribution >= 0.6 is 0 Å². The number of piperazine rings is 1. The summed E-state index contributed by atoms with van der Waals surface area (Å²) >= 11 is 0. The molecule has 0 spiro atoms. The molecule has 1 N–H and O–H groups in total. The van der Waals surface area contributed by atoms with Gasteiger partial charge in [0.2, 0.25) is 5.91 Å². The SMILES string of the molecule is CC(=O)N1CCN(C(=O)c2cccc(C(=O)NCCC(C)C)c2)CC1. The Labute approximate surface area is 149 Å². The van der Waals surface area contributed by atoms with E-state index in [1.54, 1.807) is 41.0 Å². The molecule has 1 heterocycles. The quantitative estimate of drug-likeness (QED) is 0.884. The first kappa shape index (κ1) is 19.0. The molecular formula is C19H27N3O3. The van der Waals surface area contributed by atoms with Gasteiger partial charge in [-0.15, -0.1) is 0 Å². The van der Waals surface area contributed by atoms with Crippen molar-refractivity contribution in [2.45, 2.75) is 27.2 Å². The van der Waals surface area contributed by atoms with Crippen molar-refractivity contribution in [1.29, 1.82) is 0 Å². The molecule has 136 valence electrons. The normalized spacial score (nSPS) is 14.6. The van der Waals surface area contributed by atoms with Gasteiger partial charge in [0.15, 0.2) is 0 Å². The van der Waals surface area contributed by atoms with Gasteiger partial charge in [-0.3, -0.25) is 14.4 Å². The van der Waals surface area contributed by atoms with Crippen LogP contribution in [0.1, 0.15) is 47.9 Å². The molecule has 0 radical (unpaired) electrons. The monoisotopic (exact) mass is 345 g/mol. The number of nitrogens with one attached hydrogen (secondary N) is 1. The van der Waals surface area contributed by atoms with E-state index in [-0.39, 0.29) is 17.7 Å². The minimum absolute atomic E-state index is 0.0344. The maximum atomic E-state index is 12.6. The van der Waals surface area contributed by atoms with Crippen LogP contribution in [0.3, 0.4) is 0 Å². The van der Waals surface area contributed by atoms with Crippen LogP contribution in [0, 0.1) is 5.92 Å². The number of hydrogen-bond acceptors (Lipinski definition) is 3. The molecule has 1 fully saturated rings. The molecule has 0 atom stereocenters. The van der Waals surface area contributed by atoms with E-state index in [4.69, 9.17) is 0 Å². The Morgan fingerprint density at radius 1 is 1.04 bits per heavy atom. The molecule has 6 heteroatoms. The van der Waals surface area contributed by atoms with Gasteiger partial charge < -0.3 is 15.1 Å². The van der Waals surface area contributed by atoms with Crippen LogP contribution in [0.4, 0.5) is 0 Å². The average molecular weight is 345 g/mol. The van der Waals surface area contributed by atoms with E-state index in [0.717, 1.165) is 6.42 Å². The summed E-state index contributed by atoms with van der Waals surface area (Å²) in [5, 5.41) is 2.89. The number of amides is 3. The van der Waals surface area contributed by atoms with Gasteiger partial charge in [-0.2, -0.15) is 0 Å². The van der Waals surface area contributed by atoms with Crippen LogP contribution in [-0.2, 0) is 4.79 Å². The zero-order chi connectivity index (χ0) is 18.4. The highest BCUT2D eigenvalue weighted by molar-refractivity contribution is 5.99. The molecule has 1 aromatic carbocycles. The standard InChI is InChI=1S/C19H27N3O3/c1-14(2)7-8-20-18(24)16-5-4-6-17(13-16)19(25)22-11-9-21(10-12-22)15(3)23/h4-6,13-14H,7-12H2,1-3H3,(H,20,24). The molecule has 25 heavy (non-hydrogen) atoms. The van der Waals surface area contributed by atoms with Crippen molar-refractivity contribution >= 4 is 17.7 Å². The first-order valence-corrected chi connectivity index (χ1v) is 8.81. The molecule has 0 aliphatic carbocycles. The van der Waals surface area contributed by atoms with Crippen molar-refractivity contribution in [3.05, 3.63) is 35.4 Å². The fourth-order valence-corrected chi connectivity index (χ4v) is 2.78. The van der Waals surface area contributed by atoms with Gasteiger partial charge in [0.1, 0.15) is 0 Å². The molecular weight excluding hydrogens is 318 g/mol. The second-order valence-electron chi connectivity index (χ2n) is 6.82. The molecule has 3 amide bonds. The number of carbonyl (C=O) groups is 3. The molecule has 1 saturated heterocycles. The molecule has 0 saturated carbocycles. The molecule has 0 bridgehead atoms. The largest absolute Gasteiger partial charge is 0.352 e. The summed E-state index contributed by atoms with van der Waals surface area (Å²) in [6, 6.07) is 6.82. The molecule has 1 aromatic rings. The van der Waals surface area contributed by atoms with Gasteiger partial charge in [-0.1, -0.05) is 19.9 Å². The third kappa shape index (κ3) is 5.31. The Balaban J connectivity index is 1.97. The number of rotatable bonds is 5. The second kappa shape index (κ2) is 8.65. The van der Waals surface area contributed by atoms with Gasteiger partial charge in [-0.05, 0) is 30.5 Å². The van der Waals surface area contributed by atoms with Crippen LogP contribution in [0.2, 0.25) is 0 Å². The maximum absolute atomic E-state index is 12.6. The number of benzene rings is 1. The van der Waals surface area contributed by atoms with E-state index < -0.39 is 0 Å². The molecule has 0 unspecified atom stereocenters. The highest BCUT2D eigenvalue weighted by atomic mass is 16.2. The van der Waals surface area contributed by atoms with Crippen LogP contribution < -0.4 is 5.32 Å².